The molecule has 1 amide bonds. The predicted molar refractivity (Wildman–Crippen MR) is 127 cm³/mol. The number of aliphatic hydroxyl groups is 1. The summed E-state index contributed by atoms with van der Waals surface area (Å²) in [5, 5.41) is 23.5. The van der Waals surface area contributed by atoms with E-state index in [1.165, 1.54) is 6.20 Å². The number of anilines is 3. The highest BCUT2D eigenvalue weighted by atomic mass is 16.5. The van der Waals surface area contributed by atoms with Crippen molar-refractivity contribution < 1.29 is 14.6 Å². The lowest BCUT2D eigenvalue weighted by molar-refractivity contribution is -0.0828. The number of aliphatic hydroxyl groups excluding tert-OH is 1. The van der Waals surface area contributed by atoms with Crippen LogP contribution in [0.4, 0.5) is 17.3 Å². The van der Waals surface area contributed by atoms with Crippen LogP contribution in [0.1, 0.15) is 49.0 Å². The van der Waals surface area contributed by atoms with Crippen molar-refractivity contribution in [3.8, 4) is 0 Å². The average Bonchev–Trinajstić information content (AvgIpc) is 3.26. The SMILES string of the molecule is CNc1cc(Nc2cccn(C3CC[C@@H]3O)c2=O)nc2c(C(=O)N[C@H]3CC[C@]3(C)OC)cnn12. The quantitative estimate of drug-likeness (QED) is 0.412. The minimum absolute atomic E-state index is 0.0883. The van der Waals surface area contributed by atoms with Crippen LogP contribution in [-0.4, -0.2) is 62.1 Å². The zero-order valence-corrected chi connectivity index (χ0v) is 19.4. The van der Waals surface area contributed by atoms with Crippen LogP contribution in [0.25, 0.3) is 5.65 Å². The predicted octanol–water partition coefficient (Wildman–Crippen LogP) is 1.67. The number of pyridine rings is 1. The maximum Gasteiger partial charge on any atom is 0.274 e. The lowest BCUT2D eigenvalue weighted by Gasteiger charge is -2.45. The Labute approximate surface area is 196 Å². The van der Waals surface area contributed by atoms with E-state index in [0.29, 0.717) is 35.0 Å². The molecule has 0 aromatic carbocycles. The molecular weight excluding hydrogens is 438 g/mol. The van der Waals surface area contributed by atoms with E-state index in [4.69, 9.17) is 4.74 Å². The summed E-state index contributed by atoms with van der Waals surface area (Å²) in [5.74, 6) is 0.707. The fourth-order valence-corrected chi connectivity index (χ4v) is 4.56. The van der Waals surface area contributed by atoms with E-state index in [1.54, 1.807) is 47.6 Å². The Morgan fingerprint density at radius 2 is 2.15 bits per heavy atom. The number of amides is 1. The van der Waals surface area contributed by atoms with Gasteiger partial charge in [0, 0.05) is 26.4 Å². The monoisotopic (exact) mass is 467 g/mol. The maximum atomic E-state index is 13.1. The van der Waals surface area contributed by atoms with Crippen LogP contribution in [0.15, 0.2) is 35.4 Å². The van der Waals surface area contributed by atoms with Gasteiger partial charge in [0.2, 0.25) is 0 Å². The third-order valence-electron chi connectivity index (χ3n) is 7.21. The van der Waals surface area contributed by atoms with Crippen molar-refractivity contribution in [1.82, 2.24) is 24.5 Å². The molecule has 4 atom stereocenters. The first-order chi connectivity index (χ1) is 16.3. The van der Waals surface area contributed by atoms with Crippen LogP contribution >= 0.6 is 0 Å². The molecule has 2 aliphatic carbocycles. The highest BCUT2D eigenvalue weighted by Crippen LogP contribution is 2.35. The highest BCUT2D eigenvalue weighted by molar-refractivity contribution is 6.00. The van der Waals surface area contributed by atoms with Crippen molar-refractivity contribution in [2.75, 3.05) is 24.8 Å². The lowest BCUT2D eigenvalue weighted by atomic mass is 9.76. The van der Waals surface area contributed by atoms with E-state index >= 15 is 0 Å². The van der Waals surface area contributed by atoms with Gasteiger partial charge in [-0.05, 0) is 44.7 Å². The molecule has 2 saturated carbocycles. The number of hydrogen-bond donors (Lipinski definition) is 4. The molecule has 2 fully saturated rings. The topological polar surface area (TPSA) is 135 Å². The summed E-state index contributed by atoms with van der Waals surface area (Å²) in [4.78, 5) is 30.7. The minimum atomic E-state index is -0.512. The molecule has 11 heteroatoms. The number of carbonyl (C=O) groups excluding carboxylic acids is 1. The highest BCUT2D eigenvalue weighted by Gasteiger charge is 2.44. The Balaban J connectivity index is 1.46. The molecule has 5 rings (SSSR count). The third kappa shape index (κ3) is 3.61. The molecule has 11 nitrogen and oxygen atoms in total. The molecule has 4 N–H and O–H groups in total. The number of aromatic nitrogens is 4. The summed E-state index contributed by atoms with van der Waals surface area (Å²) in [6.07, 6.45) is 5.83. The van der Waals surface area contributed by atoms with Gasteiger partial charge in [0.1, 0.15) is 22.9 Å². The standard InChI is InChI=1S/C23H29N7O4/c1-23(34-3)9-8-17(23)27-21(32)13-12-25-30-19(24-2)11-18(28-20(13)30)26-14-5-4-10-29(22(14)33)15-6-7-16(15)31/h4-5,10-12,15-17,24,31H,6-9H2,1-3H3,(H,26,28)(H,27,32)/t15?,16-,17-,23-/m0/s1. The van der Waals surface area contributed by atoms with Crippen LogP contribution in [0, 0.1) is 0 Å². The molecule has 180 valence electrons. The molecule has 3 aromatic heterocycles. The van der Waals surface area contributed by atoms with E-state index < -0.39 is 6.10 Å². The number of methoxy groups -OCH3 is 1. The maximum absolute atomic E-state index is 13.1. The molecule has 0 aliphatic heterocycles. The van der Waals surface area contributed by atoms with Crippen LogP contribution in [0.3, 0.4) is 0 Å². The fourth-order valence-electron chi connectivity index (χ4n) is 4.56. The largest absolute Gasteiger partial charge is 0.391 e. The number of fused-ring (bicyclic) bond motifs is 1. The number of carbonyl (C=O) groups is 1. The molecular formula is C23H29N7O4. The molecule has 2 aliphatic rings. The normalized spacial score (nSPS) is 25.9. The third-order valence-corrected chi connectivity index (χ3v) is 7.21. The summed E-state index contributed by atoms with van der Waals surface area (Å²) >= 11 is 0. The first-order valence-electron chi connectivity index (χ1n) is 11.4. The first kappa shape index (κ1) is 22.4. The second-order valence-electron chi connectivity index (χ2n) is 9.12. The number of hydrogen-bond acceptors (Lipinski definition) is 8. The molecule has 3 aromatic rings. The van der Waals surface area contributed by atoms with E-state index in [-0.39, 0.29) is 29.2 Å². The fraction of sp³-hybridized carbons (Fsp3) is 0.478. The van der Waals surface area contributed by atoms with Crippen LogP contribution in [-0.2, 0) is 4.74 Å². The molecule has 34 heavy (non-hydrogen) atoms. The van der Waals surface area contributed by atoms with E-state index in [2.05, 4.69) is 26.0 Å². The van der Waals surface area contributed by atoms with Gasteiger partial charge in [-0.25, -0.2) is 4.98 Å². The summed E-state index contributed by atoms with van der Waals surface area (Å²) < 4.78 is 8.65. The Morgan fingerprint density at radius 3 is 2.76 bits per heavy atom. The van der Waals surface area contributed by atoms with Gasteiger partial charge >= 0.3 is 0 Å². The molecule has 0 radical (unpaired) electrons. The Bertz CT molecular complexity index is 1300. The lowest BCUT2D eigenvalue weighted by Crippen LogP contribution is -2.59. The second-order valence-corrected chi connectivity index (χ2v) is 9.12. The first-order valence-corrected chi connectivity index (χ1v) is 11.4. The van der Waals surface area contributed by atoms with Gasteiger partial charge in [-0.3, -0.25) is 9.59 Å². The van der Waals surface area contributed by atoms with Crippen molar-refractivity contribution in [2.24, 2.45) is 0 Å². The Morgan fingerprint density at radius 1 is 1.32 bits per heavy atom. The van der Waals surface area contributed by atoms with Gasteiger partial charge < -0.3 is 30.4 Å². The summed E-state index contributed by atoms with van der Waals surface area (Å²) in [6.45, 7) is 1.98. The van der Waals surface area contributed by atoms with E-state index in [9.17, 15) is 14.7 Å². The Kier molecular flexibility index (Phi) is 5.53. The second kappa shape index (κ2) is 8.41. The number of rotatable bonds is 7. The minimum Gasteiger partial charge on any atom is -0.391 e. The number of ether oxygens (including phenoxy) is 1. The van der Waals surface area contributed by atoms with Crippen molar-refractivity contribution in [2.45, 2.75) is 56.4 Å². The average molecular weight is 468 g/mol. The van der Waals surface area contributed by atoms with Crippen LogP contribution in [0.5, 0.6) is 0 Å². The molecule has 0 saturated heterocycles. The van der Waals surface area contributed by atoms with Crippen molar-refractivity contribution in [3.63, 3.8) is 0 Å². The molecule has 0 spiro atoms. The Hall–Kier alpha value is -3.44. The zero-order chi connectivity index (χ0) is 24.0. The van der Waals surface area contributed by atoms with Gasteiger partial charge in [-0.2, -0.15) is 9.61 Å². The van der Waals surface area contributed by atoms with Gasteiger partial charge in [-0.15, -0.1) is 0 Å². The van der Waals surface area contributed by atoms with Gasteiger partial charge in [0.05, 0.1) is 30.0 Å². The van der Waals surface area contributed by atoms with Gasteiger partial charge in [-0.1, -0.05) is 0 Å². The summed E-state index contributed by atoms with van der Waals surface area (Å²) in [6, 6.07) is 4.84. The van der Waals surface area contributed by atoms with Gasteiger partial charge in [0.25, 0.3) is 11.5 Å². The van der Waals surface area contributed by atoms with Crippen molar-refractivity contribution >= 4 is 28.9 Å². The van der Waals surface area contributed by atoms with Crippen LogP contribution in [0.2, 0.25) is 0 Å². The smallest absolute Gasteiger partial charge is 0.274 e. The van der Waals surface area contributed by atoms with Crippen molar-refractivity contribution in [1.29, 1.82) is 0 Å². The molecule has 1 unspecified atom stereocenters. The molecule has 3 heterocycles. The van der Waals surface area contributed by atoms with Crippen LogP contribution < -0.4 is 21.5 Å². The van der Waals surface area contributed by atoms with E-state index in [1.807, 2.05) is 6.92 Å². The number of nitrogens with zero attached hydrogens (tertiary/aromatic N) is 4. The number of nitrogens with one attached hydrogen (secondary N) is 3. The van der Waals surface area contributed by atoms with Crippen molar-refractivity contribution in [3.05, 3.63) is 46.5 Å². The molecule has 0 bridgehead atoms. The summed E-state index contributed by atoms with van der Waals surface area (Å²) in [5.41, 5.74) is 0.394. The zero-order valence-electron chi connectivity index (χ0n) is 19.4. The van der Waals surface area contributed by atoms with Gasteiger partial charge in [0.15, 0.2) is 5.65 Å². The van der Waals surface area contributed by atoms with E-state index in [0.717, 1.165) is 19.3 Å². The summed E-state index contributed by atoms with van der Waals surface area (Å²) in [7, 11) is 3.39.